The Balaban J connectivity index is 3.42. The summed E-state index contributed by atoms with van der Waals surface area (Å²) in [5.41, 5.74) is 0. The van der Waals surface area contributed by atoms with Crippen molar-refractivity contribution in [2.24, 2.45) is 0 Å². The summed E-state index contributed by atoms with van der Waals surface area (Å²) >= 11 is 0. The van der Waals surface area contributed by atoms with E-state index in [0.29, 0.717) is 19.6 Å². The summed E-state index contributed by atoms with van der Waals surface area (Å²) < 4.78 is 11.2. The monoisotopic (exact) mass is 799 g/mol. The lowest BCUT2D eigenvalue weighted by Crippen LogP contribution is -2.27. The highest BCUT2D eigenvalue weighted by Gasteiger charge is 2.13. The summed E-state index contributed by atoms with van der Waals surface area (Å²) in [6, 6.07) is 0. The number of ether oxygens (including phenoxy) is 2. The van der Waals surface area contributed by atoms with Gasteiger partial charge in [0.05, 0.1) is 13.2 Å². The van der Waals surface area contributed by atoms with Crippen LogP contribution in [0.4, 0.5) is 0 Å². The summed E-state index contributed by atoms with van der Waals surface area (Å²) in [6.45, 7) is 5.35. The highest BCUT2D eigenvalue weighted by Crippen LogP contribution is 2.15. The van der Waals surface area contributed by atoms with Gasteiger partial charge in [0.25, 0.3) is 0 Å². The lowest BCUT2D eigenvalue weighted by molar-refractivity contribution is -0.154. The lowest BCUT2D eigenvalue weighted by Gasteiger charge is -2.16. The van der Waals surface area contributed by atoms with Gasteiger partial charge in [-0.1, -0.05) is 223 Å². The third kappa shape index (κ3) is 48.6. The fourth-order valence-corrected chi connectivity index (χ4v) is 7.33. The normalized spacial score (nSPS) is 12.7. The number of esters is 1. The van der Waals surface area contributed by atoms with Gasteiger partial charge in [0, 0.05) is 13.0 Å². The quantitative estimate of drug-likeness (QED) is 0.0378. The Bertz CT molecular complexity index is 889. The number of unbranched alkanes of at least 4 members (excludes halogenated alkanes) is 31. The Kier molecular flexibility index (Phi) is 49.0. The van der Waals surface area contributed by atoms with Crippen molar-refractivity contribution >= 4 is 5.97 Å². The van der Waals surface area contributed by atoms with E-state index in [0.717, 1.165) is 32.1 Å². The first-order chi connectivity index (χ1) is 28.2. The number of carbonyl (C=O) groups is 1. The zero-order valence-electron chi connectivity index (χ0n) is 38.4. The first-order valence-electron chi connectivity index (χ1n) is 25.2. The SMILES string of the molecule is CCCCCCC/C=C\C/C=C\C/C=C\CCCCCCCCCCCCC(=O)OC(CO)COCCCCCCCCCCCC/C=C\CCCCCCCC. The zero-order valence-corrected chi connectivity index (χ0v) is 38.4. The number of aliphatic hydroxyl groups excluding tert-OH is 1. The van der Waals surface area contributed by atoms with Gasteiger partial charge in [-0.2, -0.15) is 0 Å². The maximum Gasteiger partial charge on any atom is 0.306 e. The Labute approximate surface area is 356 Å². The molecule has 0 radical (unpaired) electrons. The van der Waals surface area contributed by atoms with Crippen LogP contribution in [0.2, 0.25) is 0 Å². The zero-order chi connectivity index (χ0) is 41.2. The van der Waals surface area contributed by atoms with Crippen molar-refractivity contribution in [3.05, 3.63) is 48.6 Å². The first-order valence-corrected chi connectivity index (χ1v) is 25.2. The molecule has 0 rings (SSSR count). The highest BCUT2D eigenvalue weighted by atomic mass is 16.6. The van der Waals surface area contributed by atoms with Crippen LogP contribution >= 0.6 is 0 Å². The molecule has 0 aromatic heterocycles. The van der Waals surface area contributed by atoms with Gasteiger partial charge in [0.2, 0.25) is 0 Å². The van der Waals surface area contributed by atoms with Gasteiger partial charge in [-0.15, -0.1) is 0 Å². The van der Waals surface area contributed by atoms with Crippen LogP contribution in [0, 0.1) is 0 Å². The molecule has 0 amide bonds. The van der Waals surface area contributed by atoms with Crippen LogP contribution in [0.25, 0.3) is 0 Å². The van der Waals surface area contributed by atoms with Crippen molar-refractivity contribution in [2.45, 2.75) is 264 Å². The molecule has 0 aromatic carbocycles. The van der Waals surface area contributed by atoms with Crippen LogP contribution in [-0.2, 0) is 14.3 Å². The van der Waals surface area contributed by atoms with Crippen LogP contribution in [0.5, 0.6) is 0 Å². The molecule has 0 spiro atoms. The fourth-order valence-electron chi connectivity index (χ4n) is 7.33. The van der Waals surface area contributed by atoms with E-state index in [1.807, 2.05) is 0 Å². The molecule has 0 aliphatic rings. The predicted octanol–water partition coefficient (Wildman–Crippen LogP) is 17.0. The molecule has 0 bridgehead atoms. The number of hydrogen-bond acceptors (Lipinski definition) is 4. The van der Waals surface area contributed by atoms with Crippen molar-refractivity contribution in [1.29, 1.82) is 0 Å². The summed E-state index contributed by atoms with van der Waals surface area (Å²) in [7, 11) is 0. The minimum absolute atomic E-state index is 0.173. The van der Waals surface area contributed by atoms with E-state index < -0.39 is 6.10 Å². The summed E-state index contributed by atoms with van der Waals surface area (Å²) in [4.78, 5) is 12.3. The maximum atomic E-state index is 12.3. The number of rotatable bonds is 47. The minimum atomic E-state index is -0.538. The second-order valence-electron chi connectivity index (χ2n) is 16.9. The molecule has 1 unspecified atom stereocenters. The number of allylic oxidation sites excluding steroid dienone is 8. The lowest BCUT2D eigenvalue weighted by atomic mass is 10.0. The molecule has 0 saturated carbocycles. The molecule has 0 aliphatic carbocycles. The molecule has 1 atom stereocenters. The second kappa shape index (κ2) is 50.5. The van der Waals surface area contributed by atoms with Crippen LogP contribution in [0.3, 0.4) is 0 Å². The number of hydrogen-bond donors (Lipinski definition) is 1. The van der Waals surface area contributed by atoms with E-state index in [1.54, 1.807) is 0 Å². The third-order valence-corrected chi connectivity index (χ3v) is 11.1. The molecule has 57 heavy (non-hydrogen) atoms. The van der Waals surface area contributed by atoms with E-state index >= 15 is 0 Å². The van der Waals surface area contributed by atoms with Crippen molar-refractivity contribution in [1.82, 2.24) is 0 Å². The van der Waals surface area contributed by atoms with Gasteiger partial charge < -0.3 is 14.6 Å². The molecular weight excluding hydrogens is 701 g/mol. The van der Waals surface area contributed by atoms with Gasteiger partial charge in [0.1, 0.15) is 6.10 Å². The number of carbonyl (C=O) groups excluding carboxylic acids is 1. The third-order valence-electron chi connectivity index (χ3n) is 11.1. The van der Waals surface area contributed by atoms with E-state index in [1.165, 1.54) is 205 Å². The van der Waals surface area contributed by atoms with Gasteiger partial charge in [-0.3, -0.25) is 4.79 Å². The summed E-state index contributed by atoms with van der Waals surface area (Å²) in [6.07, 6.45) is 66.2. The molecule has 4 heteroatoms. The van der Waals surface area contributed by atoms with Crippen molar-refractivity contribution in [2.75, 3.05) is 19.8 Å². The molecule has 0 fully saturated rings. The fraction of sp³-hybridized carbons (Fsp3) is 0.830. The van der Waals surface area contributed by atoms with E-state index in [9.17, 15) is 9.90 Å². The van der Waals surface area contributed by atoms with Gasteiger partial charge in [0.15, 0.2) is 0 Å². The molecule has 4 nitrogen and oxygen atoms in total. The largest absolute Gasteiger partial charge is 0.457 e. The van der Waals surface area contributed by atoms with Crippen molar-refractivity contribution < 1.29 is 19.4 Å². The standard InChI is InChI=1S/C53H98O4/c1-3-5-7-9-11-13-15-17-19-21-23-25-26-27-28-29-30-32-34-36-38-40-42-44-46-48-53(55)57-52(50-54)51-56-49-47-45-43-41-39-37-35-33-31-24-22-20-18-16-14-12-10-8-6-4-2/h15,17-18,20-21,23,26-27,52,54H,3-14,16,19,22,24-25,28-51H2,1-2H3/b17-15-,20-18-,23-21-,27-26-. The highest BCUT2D eigenvalue weighted by molar-refractivity contribution is 5.69. The molecular formula is C53H98O4. The average Bonchev–Trinajstić information content (AvgIpc) is 3.22. The Morgan fingerprint density at radius 2 is 0.737 bits per heavy atom. The van der Waals surface area contributed by atoms with Gasteiger partial charge >= 0.3 is 5.97 Å². The molecule has 0 heterocycles. The van der Waals surface area contributed by atoms with Crippen molar-refractivity contribution in [3.8, 4) is 0 Å². The average molecular weight is 799 g/mol. The predicted molar refractivity (Wildman–Crippen MR) is 251 cm³/mol. The first kappa shape index (κ1) is 55.4. The van der Waals surface area contributed by atoms with Crippen LogP contribution < -0.4 is 0 Å². The van der Waals surface area contributed by atoms with Crippen LogP contribution in [-0.4, -0.2) is 37.0 Å². The van der Waals surface area contributed by atoms with E-state index in [2.05, 4.69) is 62.5 Å². The maximum absolute atomic E-state index is 12.3. The smallest absolute Gasteiger partial charge is 0.306 e. The van der Waals surface area contributed by atoms with Gasteiger partial charge in [-0.25, -0.2) is 0 Å². The Hall–Kier alpha value is -1.65. The molecule has 0 saturated heterocycles. The topological polar surface area (TPSA) is 55.8 Å². The molecule has 1 N–H and O–H groups in total. The molecule has 0 aromatic rings. The second-order valence-corrected chi connectivity index (χ2v) is 16.9. The summed E-state index contributed by atoms with van der Waals surface area (Å²) in [5.74, 6) is -0.203. The molecule has 334 valence electrons. The van der Waals surface area contributed by atoms with Crippen LogP contribution in [0.1, 0.15) is 258 Å². The Morgan fingerprint density at radius 3 is 1.12 bits per heavy atom. The van der Waals surface area contributed by atoms with E-state index in [4.69, 9.17) is 9.47 Å². The van der Waals surface area contributed by atoms with E-state index in [-0.39, 0.29) is 12.6 Å². The number of aliphatic hydroxyl groups is 1. The van der Waals surface area contributed by atoms with Gasteiger partial charge in [-0.05, 0) is 77.0 Å². The van der Waals surface area contributed by atoms with Crippen molar-refractivity contribution in [3.63, 3.8) is 0 Å². The summed E-state index contributed by atoms with van der Waals surface area (Å²) in [5, 5.41) is 9.65. The Morgan fingerprint density at radius 1 is 0.421 bits per heavy atom. The van der Waals surface area contributed by atoms with Crippen LogP contribution in [0.15, 0.2) is 48.6 Å². The molecule has 0 aliphatic heterocycles. The minimum Gasteiger partial charge on any atom is -0.457 e.